The van der Waals surface area contributed by atoms with Crippen molar-refractivity contribution in [1.29, 1.82) is 0 Å². The second-order valence-corrected chi connectivity index (χ2v) is 4.64. The number of hydrogen-bond acceptors (Lipinski definition) is 2. The van der Waals surface area contributed by atoms with E-state index in [1.54, 1.807) is 7.11 Å². The van der Waals surface area contributed by atoms with Crippen molar-refractivity contribution >= 4 is 0 Å². The van der Waals surface area contributed by atoms with Crippen LogP contribution in [0.15, 0.2) is 24.3 Å². The van der Waals surface area contributed by atoms with E-state index in [0.29, 0.717) is 6.04 Å². The van der Waals surface area contributed by atoms with Gasteiger partial charge in [0, 0.05) is 6.04 Å². The molecule has 2 rings (SSSR count). The predicted molar refractivity (Wildman–Crippen MR) is 69.9 cm³/mol. The summed E-state index contributed by atoms with van der Waals surface area (Å²) in [6, 6.07) is 8.75. The van der Waals surface area contributed by atoms with Gasteiger partial charge in [0.2, 0.25) is 0 Å². The van der Waals surface area contributed by atoms with Crippen molar-refractivity contribution in [3.63, 3.8) is 0 Å². The zero-order chi connectivity index (χ0) is 12.3. The molecule has 17 heavy (non-hydrogen) atoms. The van der Waals surface area contributed by atoms with Gasteiger partial charge in [0.25, 0.3) is 0 Å². The number of ether oxygens (including phenoxy) is 1. The van der Waals surface area contributed by atoms with E-state index >= 15 is 0 Å². The average molecular weight is 229 g/mol. The minimum absolute atomic E-state index is 0.114. The lowest BCUT2D eigenvalue weighted by molar-refractivity contribution is 0.413. The highest BCUT2D eigenvalue weighted by Crippen LogP contribution is 2.41. The SMILES string of the molecule is C#CC(C)NC(c1ccc(OC)cc1)C1CC1. The fraction of sp³-hybridized carbons (Fsp3) is 0.467. The molecule has 2 nitrogen and oxygen atoms in total. The zero-order valence-corrected chi connectivity index (χ0v) is 10.4. The van der Waals surface area contributed by atoms with Crippen molar-refractivity contribution in [2.45, 2.75) is 31.8 Å². The number of nitrogens with one attached hydrogen (secondary N) is 1. The van der Waals surface area contributed by atoms with Crippen molar-refractivity contribution in [2.24, 2.45) is 5.92 Å². The van der Waals surface area contributed by atoms with Gasteiger partial charge in [-0.25, -0.2) is 0 Å². The van der Waals surface area contributed by atoms with Crippen molar-refractivity contribution < 1.29 is 4.74 Å². The van der Waals surface area contributed by atoms with Crippen molar-refractivity contribution in [3.05, 3.63) is 29.8 Å². The zero-order valence-electron chi connectivity index (χ0n) is 10.4. The van der Waals surface area contributed by atoms with E-state index < -0.39 is 0 Å². The third kappa shape index (κ3) is 3.01. The van der Waals surface area contributed by atoms with E-state index in [0.717, 1.165) is 11.7 Å². The van der Waals surface area contributed by atoms with Crippen LogP contribution in [0.25, 0.3) is 0 Å². The van der Waals surface area contributed by atoms with Gasteiger partial charge >= 0.3 is 0 Å². The Morgan fingerprint density at radius 1 is 1.35 bits per heavy atom. The van der Waals surface area contributed by atoms with Gasteiger partial charge in [-0.3, -0.25) is 5.32 Å². The van der Waals surface area contributed by atoms with Crippen LogP contribution in [-0.2, 0) is 0 Å². The molecule has 0 heterocycles. The van der Waals surface area contributed by atoms with Gasteiger partial charge in [0.05, 0.1) is 13.2 Å². The van der Waals surface area contributed by atoms with Crippen LogP contribution in [0.2, 0.25) is 0 Å². The molecule has 0 spiro atoms. The number of hydrogen-bond donors (Lipinski definition) is 1. The lowest BCUT2D eigenvalue weighted by Gasteiger charge is -2.21. The summed E-state index contributed by atoms with van der Waals surface area (Å²) in [5.74, 6) is 4.37. The average Bonchev–Trinajstić information content (AvgIpc) is 3.20. The van der Waals surface area contributed by atoms with Crippen LogP contribution in [0.1, 0.15) is 31.4 Å². The van der Waals surface area contributed by atoms with E-state index in [-0.39, 0.29) is 6.04 Å². The molecule has 0 aliphatic heterocycles. The Morgan fingerprint density at radius 2 is 2.00 bits per heavy atom. The fourth-order valence-electron chi connectivity index (χ4n) is 2.06. The molecule has 0 radical (unpaired) electrons. The molecule has 2 unspecified atom stereocenters. The van der Waals surface area contributed by atoms with E-state index in [9.17, 15) is 0 Å². The van der Waals surface area contributed by atoms with Crippen LogP contribution in [0.3, 0.4) is 0 Å². The molecule has 1 fully saturated rings. The molecule has 0 saturated heterocycles. The molecule has 2 atom stereocenters. The van der Waals surface area contributed by atoms with Crippen LogP contribution in [0.4, 0.5) is 0 Å². The third-order valence-corrected chi connectivity index (χ3v) is 3.25. The summed E-state index contributed by atoms with van der Waals surface area (Å²) in [6.07, 6.45) is 8.02. The van der Waals surface area contributed by atoms with Crippen LogP contribution < -0.4 is 10.1 Å². The van der Waals surface area contributed by atoms with Crippen molar-refractivity contribution in [1.82, 2.24) is 5.32 Å². The summed E-state index contributed by atoms with van der Waals surface area (Å²) in [7, 11) is 1.69. The predicted octanol–water partition coefficient (Wildman–Crippen LogP) is 2.76. The first kappa shape index (κ1) is 12.0. The number of methoxy groups -OCH3 is 1. The first-order chi connectivity index (χ1) is 8.24. The van der Waals surface area contributed by atoms with Gasteiger partial charge in [-0.05, 0) is 43.4 Å². The van der Waals surface area contributed by atoms with Gasteiger partial charge in [0.1, 0.15) is 5.75 Å². The van der Waals surface area contributed by atoms with E-state index in [2.05, 4.69) is 23.4 Å². The molecule has 0 aromatic heterocycles. The van der Waals surface area contributed by atoms with Crippen LogP contribution in [0.5, 0.6) is 5.75 Å². The topological polar surface area (TPSA) is 21.3 Å². The molecule has 2 heteroatoms. The van der Waals surface area contributed by atoms with Crippen LogP contribution in [0, 0.1) is 18.3 Å². The summed E-state index contributed by atoms with van der Waals surface area (Å²) in [4.78, 5) is 0. The molecule has 1 N–H and O–H groups in total. The Hall–Kier alpha value is -1.46. The number of benzene rings is 1. The lowest BCUT2D eigenvalue weighted by Crippen LogP contribution is -2.30. The van der Waals surface area contributed by atoms with Crippen LogP contribution in [-0.4, -0.2) is 13.2 Å². The maximum atomic E-state index is 5.43. The van der Waals surface area contributed by atoms with Gasteiger partial charge in [0.15, 0.2) is 0 Å². The van der Waals surface area contributed by atoms with E-state index in [4.69, 9.17) is 11.2 Å². The Labute approximate surface area is 103 Å². The molecule has 1 aliphatic carbocycles. The summed E-state index contributed by atoms with van der Waals surface area (Å²) < 4.78 is 5.17. The van der Waals surface area contributed by atoms with Gasteiger partial charge in [-0.1, -0.05) is 18.1 Å². The quantitative estimate of drug-likeness (QED) is 0.784. The van der Waals surface area contributed by atoms with Crippen LogP contribution >= 0.6 is 0 Å². The van der Waals surface area contributed by atoms with E-state index in [1.165, 1.54) is 18.4 Å². The maximum absolute atomic E-state index is 5.43. The normalized spacial score (nSPS) is 18.2. The second kappa shape index (κ2) is 5.25. The number of rotatable bonds is 5. The van der Waals surface area contributed by atoms with Crippen molar-refractivity contribution in [3.8, 4) is 18.1 Å². The fourth-order valence-corrected chi connectivity index (χ4v) is 2.06. The minimum atomic E-state index is 0.114. The number of terminal acetylenes is 1. The smallest absolute Gasteiger partial charge is 0.118 e. The summed E-state index contributed by atoms with van der Waals surface area (Å²) in [5.41, 5.74) is 1.30. The van der Waals surface area contributed by atoms with Crippen molar-refractivity contribution in [2.75, 3.05) is 7.11 Å². The first-order valence-electron chi connectivity index (χ1n) is 6.10. The summed E-state index contributed by atoms with van der Waals surface area (Å²) >= 11 is 0. The highest BCUT2D eigenvalue weighted by molar-refractivity contribution is 5.30. The Morgan fingerprint density at radius 3 is 2.47 bits per heavy atom. The monoisotopic (exact) mass is 229 g/mol. The molecule has 1 aliphatic rings. The Bertz CT molecular complexity index is 400. The molecule has 1 saturated carbocycles. The highest BCUT2D eigenvalue weighted by atomic mass is 16.5. The minimum Gasteiger partial charge on any atom is -0.497 e. The molecule has 0 bridgehead atoms. The standard InChI is InChI=1S/C15H19NO/c1-4-11(2)16-15(12-5-6-12)13-7-9-14(17-3)10-8-13/h1,7-12,15-16H,5-6H2,2-3H3. The molecule has 1 aromatic rings. The molecule has 1 aromatic carbocycles. The summed E-state index contributed by atoms with van der Waals surface area (Å²) in [6.45, 7) is 2.03. The molecular weight excluding hydrogens is 210 g/mol. The van der Waals surface area contributed by atoms with Gasteiger partial charge in [-0.2, -0.15) is 0 Å². The lowest BCUT2D eigenvalue weighted by atomic mass is 10.0. The highest BCUT2D eigenvalue weighted by Gasteiger charge is 2.32. The van der Waals surface area contributed by atoms with E-state index in [1.807, 2.05) is 19.1 Å². The van der Waals surface area contributed by atoms with Gasteiger partial charge in [-0.15, -0.1) is 6.42 Å². The first-order valence-corrected chi connectivity index (χ1v) is 6.10. The molecular formula is C15H19NO. The van der Waals surface area contributed by atoms with Gasteiger partial charge < -0.3 is 4.74 Å². The molecule has 90 valence electrons. The largest absolute Gasteiger partial charge is 0.497 e. The third-order valence-electron chi connectivity index (χ3n) is 3.25. The summed E-state index contributed by atoms with van der Waals surface area (Å²) in [5, 5.41) is 3.51. The Balaban J connectivity index is 2.12. The maximum Gasteiger partial charge on any atom is 0.118 e. The second-order valence-electron chi connectivity index (χ2n) is 4.64. The Kier molecular flexibility index (Phi) is 3.71. The molecule has 0 amide bonds.